The molecule has 1 aliphatic heterocycles. The van der Waals surface area contributed by atoms with Crippen molar-refractivity contribution in [2.24, 2.45) is 5.92 Å². The molecule has 0 fully saturated rings. The highest BCUT2D eigenvalue weighted by Crippen LogP contribution is 2.39. The first-order valence-electron chi connectivity index (χ1n) is 9.39. The maximum Gasteiger partial charge on any atom is 0.290 e. The quantitative estimate of drug-likeness (QED) is 0.634. The number of aliphatic hydroxyl groups excluding tert-OH is 1. The lowest BCUT2D eigenvalue weighted by atomic mass is 9.92. The Morgan fingerprint density at radius 3 is 2.70 bits per heavy atom. The van der Waals surface area contributed by atoms with Crippen LogP contribution in [0.3, 0.4) is 0 Å². The molecule has 0 aliphatic carbocycles. The smallest absolute Gasteiger partial charge is 0.290 e. The number of carbonyl (C=O) groups excluding carboxylic acids is 2. The van der Waals surface area contributed by atoms with E-state index in [9.17, 15) is 14.7 Å². The molecule has 1 aromatic carbocycles. The molecule has 0 radical (unpaired) electrons. The summed E-state index contributed by atoms with van der Waals surface area (Å²) in [6.07, 6.45) is 0.892. The topological polar surface area (TPSA) is 76.1 Å². The highest BCUT2D eigenvalue weighted by molar-refractivity contribution is 6.09. The van der Waals surface area contributed by atoms with E-state index in [1.165, 1.54) is 0 Å². The van der Waals surface area contributed by atoms with Gasteiger partial charge in [0.2, 0.25) is 0 Å². The van der Waals surface area contributed by atoms with Crippen LogP contribution in [-0.2, 0) is 14.3 Å². The fraction of sp³-hybridized carbons (Fsp3) is 0.524. The number of benzene rings is 1. The molecule has 1 heterocycles. The van der Waals surface area contributed by atoms with Gasteiger partial charge >= 0.3 is 0 Å². The highest BCUT2D eigenvalue weighted by Gasteiger charge is 2.43. The van der Waals surface area contributed by atoms with E-state index in [2.05, 4.69) is 0 Å². The van der Waals surface area contributed by atoms with E-state index in [1.54, 1.807) is 12.0 Å². The average Bonchev–Trinajstić information content (AvgIpc) is 2.87. The minimum Gasteiger partial charge on any atom is -0.503 e. The Bertz CT molecular complexity index is 710. The molecule has 6 heteroatoms. The summed E-state index contributed by atoms with van der Waals surface area (Å²) in [7, 11) is 1.60. The molecular weight excluding hydrogens is 346 g/mol. The number of ketones is 1. The normalized spacial score (nSPS) is 17.1. The number of ether oxygens (including phenoxy) is 2. The standard InChI is InChI=1S/C21H29NO5/c1-5-27-16-9-6-8-15(13-16)19-18(17(23)12-14(2)3)20(24)21(25)22(19)10-7-11-26-4/h6,8-9,13-14,19,24H,5,7,10-12H2,1-4H3. The van der Waals surface area contributed by atoms with Crippen LogP contribution >= 0.6 is 0 Å². The molecule has 6 nitrogen and oxygen atoms in total. The third-order valence-corrected chi connectivity index (χ3v) is 4.43. The zero-order chi connectivity index (χ0) is 20.0. The monoisotopic (exact) mass is 375 g/mol. The lowest BCUT2D eigenvalue weighted by Crippen LogP contribution is -2.32. The number of hydrogen-bond acceptors (Lipinski definition) is 5. The van der Waals surface area contributed by atoms with Crippen LogP contribution in [0.4, 0.5) is 0 Å². The molecule has 1 aromatic rings. The Morgan fingerprint density at radius 2 is 2.07 bits per heavy atom. The van der Waals surface area contributed by atoms with Crippen LogP contribution in [0.15, 0.2) is 35.6 Å². The maximum absolute atomic E-state index is 12.8. The van der Waals surface area contributed by atoms with E-state index in [1.807, 2.05) is 45.0 Å². The molecule has 148 valence electrons. The van der Waals surface area contributed by atoms with Crippen molar-refractivity contribution in [3.05, 3.63) is 41.2 Å². The van der Waals surface area contributed by atoms with Crippen molar-refractivity contribution in [1.82, 2.24) is 4.90 Å². The molecule has 1 amide bonds. The van der Waals surface area contributed by atoms with E-state index in [0.29, 0.717) is 31.9 Å². The van der Waals surface area contributed by atoms with Crippen LogP contribution in [0.2, 0.25) is 0 Å². The van der Waals surface area contributed by atoms with E-state index in [-0.39, 0.29) is 23.7 Å². The first-order chi connectivity index (χ1) is 12.9. The highest BCUT2D eigenvalue weighted by atomic mass is 16.5. The number of carbonyl (C=O) groups is 2. The summed E-state index contributed by atoms with van der Waals surface area (Å²) < 4.78 is 10.6. The van der Waals surface area contributed by atoms with Gasteiger partial charge in [0.25, 0.3) is 5.91 Å². The third-order valence-electron chi connectivity index (χ3n) is 4.43. The molecule has 1 aliphatic rings. The molecule has 0 aromatic heterocycles. The van der Waals surface area contributed by atoms with E-state index in [4.69, 9.17) is 9.47 Å². The number of Topliss-reactive ketones (excluding diaryl/α,β-unsaturated/α-hetero) is 1. The van der Waals surface area contributed by atoms with Crippen molar-refractivity contribution < 1.29 is 24.2 Å². The Kier molecular flexibility index (Phi) is 7.42. The second kappa shape index (κ2) is 9.55. The molecule has 0 bridgehead atoms. The number of aliphatic hydroxyl groups is 1. The van der Waals surface area contributed by atoms with Crippen molar-refractivity contribution in [1.29, 1.82) is 0 Å². The van der Waals surface area contributed by atoms with Crippen LogP contribution in [-0.4, -0.2) is 48.6 Å². The van der Waals surface area contributed by atoms with Crippen molar-refractivity contribution in [2.75, 3.05) is 26.9 Å². The first-order valence-corrected chi connectivity index (χ1v) is 9.39. The van der Waals surface area contributed by atoms with Crippen molar-refractivity contribution >= 4 is 11.7 Å². The number of rotatable bonds is 10. The summed E-state index contributed by atoms with van der Waals surface area (Å²) in [6, 6.07) is 6.73. The Hall–Kier alpha value is -2.34. The number of hydrogen-bond donors (Lipinski definition) is 1. The second-order valence-electron chi connectivity index (χ2n) is 7.04. The van der Waals surface area contributed by atoms with Gasteiger partial charge in [-0.2, -0.15) is 0 Å². The molecule has 0 saturated heterocycles. The van der Waals surface area contributed by atoms with Gasteiger partial charge in [0.1, 0.15) is 5.75 Å². The van der Waals surface area contributed by atoms with Gasteiger partial charge in [0.15, 0.2) is 11.5 Å². The number of methoxy groups -OCH3 is 1. The molecule has 2 rings (SSSR count). The van der Waals surface area contributed by atoms with Gasteiger partial charge in [0.05, 0.1) is 18.2 Å². The zero-order valence-corrected chi connectivity index (χ0v) is 16.5. The van der Waals surface area contributed by atoms with Crippen molar-refractivity contribution in [2.45, 2.75) is 39.7 Å². The Balaban J connectivity index is 2.44. The fourth-order valence-electron chi connectivity index (χ4n) is 3.32. The van der Waals surface area contributed by atoms with Crippen LogP contribution in [0.5, 0.6) is 5.75 Å². The number of nitrogens with zero attached hydrogens (tertiary/aromatic N) is 1. The van der Waals surface area contributed by atoms with Crippen molar-refractivity contribution in [3.8, 4) is 5.75 Å². The van der Waals surface area contributed by atoms with Crippen LogP contribution in [0, 0.1) is 5.92 Å². The van der Waals surface area contributed by atoms with Gasteiger partial charge in [0, 0.05) is 26.7 Å². The second-order valence-corrected chi connectivity index (χ2v) is 7.04. The summed E-state index contributed by atoms with van der Waals surface area (Å²) in [5, 5.41) is 10.5. The SMILES string of the molecule is CCOc1cccc(C2C(C(=O)CC(C)C)=C(O)C(=O)N2CCCOC)c1. The van der Waals surface area contributed by atoms with E-state index >= 15 is 0 Å². The number of amides is 1. The molecule has 0 spiro atoms. The summed E-state index contributed by atoms with van der Waals surface area (Å²) in [5.74, 6) is -0.348. The van der Waals surface area contributed by atoms with Crippen molar-refractivity contribution in [3.63, 3.8) is 0 Å². The van der Waals surface area contributed by atoms with Gasteiger partial charge in [-0.3, -0.25) is 9.59 Å². The fourth-order valence-corrected chi connectivity index (χ4v) is 3.32. The van der Waals surface area contributed by atoms with Crippen LogP contribution in [0.25, 0.3) is 0 Å². The first kappa shape index (κ1) is 21.0. The van der Waals surface area contributed by atoms with Gasteiger partial charge in [-0.1, -0.05) is 26.0 Å². The van der Waals surface area contributed by atoms with Gasteiger partial charge < -0.3 is 19.5 Å². The largest absolute Gasteiger partial charge is 0.503 e. The molecule has 0 saturated carbocycles. The summed E-state index contributed by atoms with van der Waals surface area (Å²) >= 11 is 0. The van der Waals surface area contributed by atoms with Crippen LogP contribution in [0.1, 0.15) is 45.2 Å². The van der Waals surface area contributed by atoms with Gasteiger partial charge in [-0.15, -0.1) is 0 Å². The minimum atomic E-state index is -0.610. The maximum atomic E-state index is 12.8. The predicted molar refractivity (Wildman–Crippen MR) is 103 cm³/mol. The van der Waals surface area contributed by atoms with E-state index in [0.717, 1.165) is 5.56 Å². The van der Waals surface area contributed by atoms with Gasteiger partial charge in [-0.25, -0.2) is 0 Å². The Labute approximate surface area is 160 Å². The van der Waals surface area contributed by atoms with Crippen LogP contribution < -0.4 is 4.74 Å². The Morgan fingerprint density at radius 1 is 1.33 bits per heavy atom. The molecule has 1 N–H and O–H groups in total. The summed E-state index contributed by atoms with van der Waals surface area (Å²) in [6.45, 7) is 7.17. The zero-order valence-electron chi connectivity index (χ0n) is 16.5. The lowest BCUT2D eigenvalue weighted by Gasteiger charge is -2.27. The molecule has 27 heavy (non-hydrogen) atoms. The minimum absolute atomic E-state index is 0.130. The third kappa shape index (κ3) is 4.89. The predicted octanol–water partition coefficient (Wildman–Crippen LogP) is 3.43. The summed E-state index contributed by atoms with van der Waals surface area (Å²) in [5.41, 5.74) is 0.933. The molecule has 1 unspecified atom stereocenters. The summed E-state index contributed by atoms with van der Waals surface area (Å²) in [4.78, 5) is 27.1. The average molecular weight is 375 g/mol. The molecular formula is C21H29NO5. The van der Waals surface area contributed by atoms with E-state index < -0.39 is 17.7 Å². The van der Waals surface area contributed by atoms with Gasteiger partial charge in [-0.05, 0) is 37.0 Å². The lowest BCUT2D eigenvalue weighted by molar-refractivity contribution is -0.129. The molecule has 1 atom stereocenters.